The Morgan fingerprint density at radius 2 is 1.96 bits per heavy atom. The number of aromatic nitrogens is 2. The average molecular weight is 352 g/mol. The van der Waals surface area contributed by atoms with Gasteiger partial charge in [-0.15, -0.1) is 0 Å². The van der Waals surface area contributed by atoms with Crippen molar-refractivity contribution < 1.29 is 13.9 Å². The highest BCUT2D eigenvalue weighted by molar-refractivity contribution is 5.93. The molecule has 7 heteroatoms. The van der Waals surface area contributed by atoms with Gasteiger partial charge in [0.05, 0.1) is 42.7 Å². The van der Waals surface area contributed by atoms with E-state index in [1.54, 1.807) is 6.26 Å². The smallest absolute Gasteiger partial charge is 0.271 e. The van der Waals surface area contributed by atoms with Crippen LogP contribution in [0.2, 0.25) is 0 Å². The van der Waals surface area contributed by atoms with Crippen LogP contribution in [-0.2, 0) is 4.74 Å². The van der Waals surface area contributed by atoms with Gasteiger partial charge in [0.2, 0.25) is 0 Å². The van der Waals surface area contributed by atoms with E-state index in [4.69, 9.17) is 9.15 Å². The number of fused-ring (bicyclic) bond motifs is 1. The molecule has 26 heavy (non-hydrogen) atoms. The highest BCUT2D eigenvalue weighted by Crippen LogP contribution is 2.21. The van der Waals surface area contributed by atoms with Gasteiger partial charge in [-0.3, -0.25) is 14.7 Å². The summed E-state index contributed by atoms with van der Waals surface area (Å²) in [7, 11) is 0. The van der Waals surface area contributed by atoms with E-state index in [1.807, 2.05) is 36.4 Å². The highest BCUT2D eigenvalue weighted by atomic mass is 16.5. The quantitative estimate of drug-likeness (QED) is 0.757. The first kappa shape index (κ1) is 16.7. The predicted molar refractivity (Wildman–Crippen MR) is 95.7 cm³/mol. The minimum atomic E-state index is -0.243. The first-order chi connectivity index (χ1) is 12.8. The van der Waals surface area contributed by atoms with Crippen LogP contribution in [0.5, 0.6) is 0 Å². The molecule has 1 amide bonds. The molecular formula is C19H20N4O3. The number of hydrogen-bond donors (Lipinski definition) is 1. The van der Waals surface area contributed by atoms with Crippen molar-refractivity contribution in [2.24, 2.45) is 0 Å². The summed E-state index contributed by atoms with van der Waals surface area (Å²) in [6.07, 6.45) is 3.16. The van der Waals surface area contributed by atoms with Gasteiger partial charge in [0.25, 0.3) is 5.91 Å². The lowest BCUT2D eigenvalue weighted by molar-refractivity contribution is 0.0118. The van der Waals surface area contributed by atoms with E-state index in [1.165, 1.54) is 6.20 Å². The van der Waals surface area contributed by atoms with Crippen LogP contribution in [0.1, 0.15) is 22.3 Å². The van der Waals surface area contributed by atoms with E-state index in [2.05, 4.69) is 20.2 Å². The Labute approximate surface area is 151 Å². The summed E-state index contributed by atoms with van der Waals surface area (Å²) in [5.74, 6) is 0.588. The lowest BCUT2D eigenvalue weighted by Crippen LogP contribution is -2.43. The second kappa shape index (κ2) is 7.63. The molecule has 3 aromatic rings. The van der Waals surface area contributed by atoms with Crippen LogP contribution in [0.15, 0.2) is 53.3 Å². The van der Waals surface area contributed by atoms with Crippen molar-refractivity contribution in [3.63, 3.8) is 0 Å². The highest BCUT2D eigenvalue weighted by Gasteiger charge is 2.25. The number of para-hydroxylation sites is 2. The van der Waals surface area contributed by atoms with Crippen LogP contribution in [0.25, 0.3) is 11.0 Å². The van der Waals surface area contributed by atoms with Crippen LogP contribution in [0, 0.1) is 0 Å². The first-order valence-corrected chi connectivity index (χ1v) is 8.66. The molecule has 0 aliphatic carbocycles. The number of ether oxygens (including phenoxy) is 1. The summed E-state index contributed by atoms with van der Waals surface area (Å²) in [6.45, 7) is 3.40. The molecule has 0 bridgehead atoms. The molecule has 2 aromatic heterocycles. The number of furan rings is 1. The zero-order valence-electron chi connectivity index (χ0n) is 14.3. The minimum absolute atomic E-state index is 0.0359. The van der Waals surface area contributed by atoms with Gasteiger partial charge in [0.1, 0.15) is 11.5 Å². The molecule has 1 fully saturated rings. The molecule has 7 nitrogen and oxygen atoms in total. The zero-order chi connectivity index (χ0) is 17.8. The van der Waals surface area contributed by atoms with Crippen molar-refractivity contribution >= 4 is 16.9 Å². The molecule has 1 N–H and O–H groups in total. The Hall–Kier alpha value is -2.77. The molecular weight excluding hydrogens is 332 g/mol. The molecule has 0 saturated carbocycles. The van der Waals surface area contributed by atoms with Gasteiger partial charge in [-0.2, -0.15) is 0 Å². The lowest BCUT2D eigenvalue weighted by atomic mass is 10.1. The number of amides is 1. The fourth-order valence-electron chi connectivity index (χ4n) is 3.13. The van der Waals surface area contributed by atoms with Crippen molar-refractivity contribution in [1.82, 2.24) is 20.2 Å². The largest absolute Gasteiger partial charge is 0.468 e. The van der Waals surface area contributed by atoms with Crippen molar-refractivity contribution in [1.29, 1.82) is 0 Å². The Kier molecular flexibility index (Phi) is 4.90. The second-order valence-corrected chi connectivity index (χ2v) is 6.13. The van der Waals surface area contributed by atoms with Crippen LogP contribution < -0.4 is 5.32 Å². The summed E-state index contributed by atoms with van der Waals surface area (Å²) in [4.78, 5) is 23.5. The number of carbonyl (C=O) groups is 1. The molecule has 134 valence electrons. The molecule has 1 atom stereocenters. The Bertz CT molecular complexity index is 875. The van der Waals surface area contributed by atoms with Gasteiger partial charge in [0.15, 0.2) is 0 Å². The zero-order valence-corrected chi connectivity index (χ0v) is 14.3. The number of morpholine rings is 1. The molecule has 0 radical (unpaired) electrons. The van der Waals surface area contributed by atoms with Gasteiger partial charge in [-0.1, -0.05) is 12.1 Å². The van der Waals surface area contributed by atoms with E-state index < -0.39 is 0 Å². The summed E-state index contributed by atoms with van der Waals surface area (Å²) in [5.41, 5.74) is 1.78. The minimum Gasteiger partial charge on any atom is -0.468 e. The second-order valence-electron chi connectivity index (χ2n) is 6.13. The topological polar surface area (TPSA) is 80.5 Å². The lowest BCUT2D eigenvalue weighted by Gasteiger charge is -2.33. The van der Waals surface area contributed by atoms with Gasteiger partial charge in [0, 0.05) is 19.6 Å². The third kappa shape index (κ3) is 3.58. The third-order valence-electron chi connectivity index (χ3n) is 4.50. The third-order valence-corrected chi connectivity index (χ3v) is 4.50. The van der Waals surface area contributed by atoms with Crippen LogP contribution >= 0.6 is 0 Å². The fraction of sp³-hybridized carbons (Fsp3) is 0.316. The molecule has 1 aromatic carbocycles. The van der Waals surface area contributed by atoms with E-state index >= 15 is 0 Å². The molecule has 0 unspecified atom stereocenters. The van der Waals surface area contributed by atoms with Gasteiger partial charge >= 0.3 is 0 Å². The monoisotopic (exact) mass is 352 g/mol. The Morgan fingerprint density at radius 3 is 2.73 bits per heavy atom. The first-order valence-electron chi connectivity index (χ1n) is 8.66. The number of benzene rings is 1. The number of rotatable bonds is 5. The number of nitrogens with zero attached hydrogens (tertiary/aromatic N) is 3. The molecule has 0 spiro atoms. The fourth-order valence-corrected chi connectivity index (χ4v) is 3.13. The predicted octanol–water partition coefficient (Wildman–Crippen LogP) is 2.03. The summed E-state index contributed by atoms with van der Waals surface area (Å²) in [5, 5.41) is 2.97. The van der Waals surface area contributed by atoms with Crippen LogP contribution in [-0.4, -0.2) is 53.6 Å². The Morgan fingerprint density at radius 1 is 1.15 bits per heavy atom. The molecule has 1 aliphatic heterocycles. The maximum Gasteiger partial charge on any atom is 0.271 e. The van der Waals surface area contributed by atoms with Crippen molar-refractivity contribution in [2.75, 3.05) is 32.8 Å². The standard InChI is InChI=1S/C19H20N4O3/c24-19(16-12-20-14-4-1-2-5-15(14)22-16)21-13-17(18-6-3-9-26-18)23-7-10-25-11-8-23/h1-6,9,12,17H,7-8,10-11,13H2,(H,21,24)/t17-/m1/s1. The van der Waals surface area contributed by atoms with Gasteiger partial charge < -0.3 is 14.5 Å². The van der Waals surface area contributed by atoms with E-state index in [0.717, 1.165) is 24.4 Å². The summed E-state index contributed by atoms with van der Waals surface area (Å²) < 4.78 is 11.0. The van der Waals surface area contributed by atoms with Crippen LogP contribution in [0.4, 0.5) is 0 Å². The molecule has 1 saturated heterocycles. The van der Waals surface area contributed by atoms with E-state index in [-0.39, 0.29) is 11.9 Å². The van der Waals surface area contributed by atoms with Gasteiger partial charge in [-0.25, -0.2) is 4.98 Å². The van der Waals surface area contributed by atoms with Crippen molar-refractivity contribution in [3.05, 3.63) is 60.3 Å². The number of nitrogens with one attached hydrogen (secondary N) is 1. The Balaban J connectivity index is 1.48. The number of carbonyl (C=O) groups excluding carboxylic acids is 1. The van der Waals surface area contributed by atoms with Crippen molar-refractivity contribution in [3.8, 4) is 0 Å². The summed E-state index contributed by atoms with van der Waals surface area (Å²) >= 11 is 0. The SMILES string of the molecule is O=C(NC[C@H](c1ccco1)N1CCOCC1)c1cnc2ccccc2n1. The summed E-state index contributed by atoms with van der Waals surface area (Å²) in [6, 6.07) is 11.2. The average Bonchev–Trinajstić information content (AvgIpc) is 3.23. The molecule has 4 rings (SSSR count). The van der Waals surface area contributed by atoms with Gasteiger partial charge in [-0.05, 0) is 24.3 Å². The van der Waals surface area contributed by atoms with E-state index in [0.29, 0.717) is 31.0 Å². The normalized spacial score (nSPS) is 16.5. The maximum atomic E-state index is 12.6. The number of hydrogen-bond acceptors (Lipinski definition) is 6. The van der Waals surface area contributed by atoms with Crippen molar-refractivity contribution in [2.45, 2.75) is 6.04 Å². The molecule has 3 heterocycles. The molecule has 1 aliphatic rings. The van der Waals surface area contributed by atoms with E-state index in [9.17, 15) is 4.79 Å². The van der Waals surface area contributed by atoms with Crippen LogP contribution in [0.3, 0.4) is 0 Å². The maximum absolute atomic E-state index is 12.6.